The number of carbonyl (C=O) groups excluding carboxylic acids is 2. The van der Waals surface area contributed by atoms with Crippen LogP contribution in [0.3, 0.4) is 0 Å². The van der Waals surface area contributed by atoms with Gasteiger partial charge in [-0.3, -0.25) is 9.59 Å². The number of amides is 2. The zero-order valence-electron chi connectivity index (χ0n) is 13.4. The molecule has 0 aromatic heterocycles. The fourth-order valence-corrected chi connectivity index (χ4v) is 3.17. The molecular weight excluding hydrogens is 292 g/mol. The average Bonchev–Trinajstić information content (AvgIpc) is 2.62. The molecular formula is C18H22N2O3. The van der Waals surface area contributed by atoms with Gasteiger partial charge >= 0.3 is 0 Å². The molecule has 23 heavy (non-hydrogen) atoms. The van der Waals surface area contributed by atoms with E-state index in [0.29, 0.717) is 32.6 Å². The van der Waals surface area contributed by atoms with E-state index < -0.39 is 0 Å². The minimum Gasteiger partial charge on any atom is -0.377 e. The van der Waals surface area contributed by atoms with Crippen LogP contribution in [-0.4, -0.2) is 49.6 Å². The standard InChI is InChI=1S/C18H22N2O3/c1-19(17(21)14-9-12-23-13-10-14)16-8-5-11-20(18(16)22)15-6-3-2-4-7-15/h2-4,6-7,9,16H,5,8,10-13H2,1H3/t16-/m0/s1. The van der Waals surface area contributed by atoms with Crippen molar-refractivity contribution >= 4 is 17.5 Å². The number of para-hydroxylation sites is 1. The summed E-state index contributed by atoms with van der Waals surface area (Å²) in [5.74, 6) is -0.0486. The van der Waals surface area contributed by atoms with Crippen molar-refractivity contribution in [2.45, 2.75) is 25.3 Å². The Balaban J connectivity index is 1.75. The largest absolute Gasteiger partial charge is 0.377 e. The van der Waals surface area contributed by atoms with Crippen molar-refractivity contribution in [3.8, 4) is 0 Å². The summed E-state index contributed by atoms with van der Waals surface area (Å²) in [6, 6.07) is 9.26. The van der Waals surface area contributed by atoms with E-state index in [-0.39, 0.29) is 17.9 Å². The first kappa shape index (κ1) is 15.7. The van der Waals surface area contributed by atoms with Crippen molar-refractivity contribution < 1.29 is 14.3 Å². The number of nitrogens with zero attached hydrogens (tertiary/aromatic N) is 2. The SMILES string of the molecule is CN(C(=O)C1=CCOCC1)[C@H]1CCCN(c2ccccc2)C1=O. The van der Waals surface area contributed by atoms with E-state index in [0.717, 1.165) is 17.7 Å². The van der Waals surface area contributed by atoms with Crippen molar-refractivity contribution in [2.24, 2.45) is 0 Å². The number of rotatable bonds is 3. The highest BCUT2D eigenvalue weighted by Crippen LogP contribution is 2.24. The lowest BCUT2D eigenvalue weighted by atomic mass is 10.0. The van der Waals surface area contributed by atoms with Crippen LogP contribution in [-0.2, 0) is 14.3 Å². The Bertz CT molecular complexity index is 612. The van der Waals surface area contributed by atoms with Crippen LogP contribution < -0.4 is 4.90 Å². The molecule has 122 valence electrons. The lowest BCUT2D eigenvalue weighted by molar-refractivity contribution is -0.136. The lowest BCUT2D eigenvalue weighted by Crippen LogP contribution is -2.53. The Morgan fingerprint density at radius 3 is 2.78 bits per heavy atom. The topological polar surface area (TPSA) is 49.9 Å². The Morgan fingerprint density at radius 2 is 2.09 bits per heavy atom. The molecule has 0 N–H and O–H groups in total. The highest BCUT2D eigenvalue weighted by Gasteiger charge is 2.35. The third-order valence-electron chi connectivity index (χ3n) is 4.50. The Kier molecular flexibility index (Phi) is 4.76. The van der Waals surface area contributed by atoms with E-state index in [4.69, 9.17) is 4.74 Å². The molecule has 0 aliphatic carbocycles. The van der Waals surface area contributed by atoms with E-state index in [1.165, 1.54) is 0 Å². The quantitative estimate of drug-likeness (QED) is 0.857. The first-order chi connectivity index (χ1) is 11.2. The summed E-state index contributed by atoms with van der Waals surface area (Å²) in [6.07, 6.45) is 4.05. The maximum Gasteiger partial charge on any atom is 0.250 e. The summed E-state index contributed by atoms with van der Waals surface area (Å²) in [5.41, 5.74) is 1.65. The third-order valence-corrected chi connectivity index (χ3v) is 4.50. The summed E-state index contributed by atoms with van der Waals surface area (Å²) in [6.45, 7) is 1.75. The number of hydrogen-bond donors (Lipinski definition) is 0. The molecule has 0 unspecified atom stereocenters. The second kappa shape index (κ2) is 6.96. The van der Waals surface area contributed by atoms with Crippen molar-refractivity contribution in [1.82, 2.24) is 4.90 Å². The second-order valence-corrected chi connectivity index (χ2v) is 5.95. The molecule has 0 saturated carbocycles. The monoisotopic (exact) mass is 314 g/mol. The van der Waals surface area contributed by atoms with Crippen LogP contribution in [0.5, 0.6) is 0 Å². The Hall–Kier alpha value is -2.14. The van der Waals surface area contributed by atoms with Crippen LogP contribution in [0.25, 0.3) is 0 Å². The highest BCUT2D eigenvalue weighted by molar-refractivity contribution is 6.02. The Morgan fingerprint density at radius 1 is 1.30 bits per heavy atom. The number of ether oxygens (including phenoxy) is 1. The molecule has 1 fully saturated rings. The fourth-order valence-electron chi connectivity index (χ4n) is 3.17. The van der Waals surface area contributed by atoms with Gasteiger partial charge in [-0.25, -0.2) is 0 Å². The smallest absolute Gasteiger partial charge is 0.250 e. The molecule has 0 bridgehead atoms. The number of benzene rings is 1. The highest BCUT2D eigenvalue weighted by atomic mass is 16.5. The predicted octanol–water partition coefficient (Wildman–Crippen LogP) is 1.99. The van der Waals surface area contributed by atoms with Gasteiger partial charge in [-0.1, -0.05) is 24.3 Å². The fraction of sp³-hybridized carbons (Fsp3) is 0.444. The van der Waals surface area contributed by atoms with Crippen molar-refractivity contribution in [1.29, 1.82) is 0 Å². The summed E-state index contributed by atoms with van der Waals surface area (Å²) >= 11 is 0. The van der Waals surface area contributed by atoms with Gasteiger partial charge in [0.2, 0.25) is 11.8 Å². The molecule has 1 saturated heterocycles. The van der Waals surface area contributed by atoms with E-state index in [1.54, 1.807) is 16.8 Å². The van der Waals surface area contributed by atoms with Gasteiger partial charge in [0.05, 0.1) is 13.2 Å². The molecule has 3 rings (SSSR count). The number of carbonyl (C=O) groups is 2. The zero-order chi connectivity index (χ0) is 16.2. The number of likely N-dealkylation sites (N-methyl/N-ethyl adjacent to an activating group) is 1. The molecule has 1 aromatic rings. The maximum atomic E-state index is 12.8. The van der Waals surface area contributed by atoms with E-state index in [1.807, 2.05) is 36.4 Å². The van der Waals surface area contributed by atoms with Gasteiger partial charge in [0, 0.05) is 31.3 Å². The van der Waals surface area contributed by atoms with Gasteiger partial charge in [0.25, 0.3) is 0 Å². The van der Waals surface area contributed by atoms with Crippen LogP contribution >= 0.6 is 0 Å². The van der Waals surface area contributed by atoms with Gasteiger partial charge in [0.15, 0.2) is 0 Å². The number of piperidine rings is 1. The zero-order valence-corrected chi connectivity index (χ0v) is 13.4. The normalized spacial score (nSPS) is 21.8. The number of hydrogen-bond acceptors (Lipinski definition) is 3. The first-order valence-electron chi connectivity index (χ1n) is 8.09. The minimum absolute atomic E-state index is 0.00552. The molecule has 2 amide bonds. The third kappa shape index (κ3) is 3.29. The first-order valence-corrected chi connectivity index (χ1v) is 8.09. The molecule has 2 aliphatic heterocycles. The molecule has 0 radical (unpaired) electrons. The summed E-state index contributed by atoms with van der Waals surface area (Å²) in [4.78, 5) is 28.9. The average molecular weight is 314 g/mol. The van der Waals surface area contributed by atoms with Gasteiger partial charge in [0.1, 0.15) is 6.04 Å². The molecule has 5 nitrogen and oxygen atoms in total. The van der Waals surface area contributed by atoms with Gasteiger partial charge in [-0.05, 0) is 25.0 Å². The maximum absolute atomic E-state index is 12.8. The van der Waals surface area contributed by atoms with Crippen LogP contribution in [0.2, 0.25) is 0 Å². The van der Waals surface area contributed by atoms with Crippen molar-refractivity contribution in [3.05, 3.63) is 42.0 Å². The molecule has 1 aromatic carbocycles. The van der Waals surface area contributed by atoms with Gasteiger partial charge < -0.3 is 14.5 Å². The van der Waals surface area contributed by atoms with Crippen LogP contribution in [0.4, 0.5) is 5.69 Å². The molecule has 2 heterocycles. The molecule has 5 heteroatoms. The second-order valence-electron chi connectivity index (χ2n) is 5.95. The summed E-state index contributed by atoms with van der Waals surface area (Å²) in [7, 11) is 1.73. The van der Waals surface area contributed by atoms with E-state index >= 15 is 0 Å². The van der Waals surface area contributed by atoms with Crippen molar-refractivity contribution in [3.63, 3.8) is 0 Å². The predicted molar refractivity (Wildman–Crippen MR) is 88.1 cm³/mol. The number of anilines is 1. The van der Waals surface area contributed by atoms with E-state index in [2.05, 4.69) is 0 Å². The van der Waals surface area contributed by atoms with Gasteiger partial charge in [-0.2, -0.15) is 0 Å². The van der Waals surface area contributed by atoms with Crippen molar-refractivity contribution in [2.75, 3.05) is 31.7 Å². The van der Waals surface area contributed by atoms with Gasteiger partial charge in [-0.15, -0.1) is 0 Å². The summed E-state index contributed by atoms with van der Waals surface area (Å²) in [5, 5.41) is 0. The summed E-state index contributed by atoms with van der Waals surface area (Å²) < 4.78 is 5.25. The van der Waals surface area contributed by atoms with Crippen LogP contribution in [0.1, 0.15) is 19.3 Å². The lowest BCUT2D eigenvalue weighted by Gasteiger charge is -2.37. The minimum atomic E-state index is -0.389. The van der Waals surface area contributed by atoms with Crippen LogP contribution in [0, 0.1) is 0 Å². The van der Waals surface area contributed by atoms with E-state index in [9.17, 15) is 9.59 Å². The molecule has 1 atom stereocenters. The molecule has 0 spiro atoms. The molecule has 2 aliphatic rings. The Labute approximate surface area is 136 Å². The van der Waals surface area contributed by atoms with Crippen LogP contribution in [0.15, 0.2) is 42.0 Å².